The first-order chi connectivity index (χ1) is 9.19. The van der Waals surface area contributed by atoms with Crippen molar-refractivity contribution in [3.05, 3.63) is 28.8 Å². The fourth-order valence-electron chi connectivity index (χ4n) is 2.51. The van der Waals surface area contributed by atoms with Gasteiger partial charge >= 0.3 is 5.97 Å². The molecule has 1 N–H and O–H groups in total. The molecule has 1 rings (SSSR count). The zero-order valence-corrected chi connectivity index (χ0v) is 13.4. The number of carbonyl (C=O) groups excluding carboxylic acids is 1. The van der Waals surface area contributed by atoms with E-state index in [0.29, 0.717) is 12.2 Å². The van der Waals surface area contributed by atoms with Crippen molar-refractivity contribution in [3.8, 4) is 5.75 Å². The Hall–Kier alpha value is -1.35. The highest BCUT2D eigenvalue weighted by atomic mass is 16.5. The maximum absolute atomic E-state index is 11.9. The second-order valence-corrected chi connectivity index (χ2v) is 6.39. The number of esters is 1. The molecule has 0 aromatic heterocycles. The van der Waals surface area contributed by atoms with E-state index in [-0.39, 0.29) is 23.9 Å². The third-order valence-corrected chi connectivity index (χ3v) is 3.54. The lowest BCUT2D eigenvalue weighted by molar-refractivity contribution is -0.137. The van der Waals surface area contributed by atoms with Crippen LogP contribution in [0.4, 0.5) is 0 Å². The van der Waals surface area contributed by atoms with Gasteiger partial charge in [0.15, 0.2) is 0 Å². The molecular formula is C17H26O3. The van der Waals surface area contributed by atoms with Crippen molar-refractivity contribution in [1.29, 1.82) is 0 Å². The minimum absolute atomic E-state index is 0.109. The molecule has 3 heteroatoms. The topological polar surface area (TPSA) is 46.5 Å². The van der Waals surface area contributed by atoms with Crippen LogP contribution in [-0.2, 0) is 10.2 Å². The summed E-state index contributed by atoms with van der Waals surface area (Å²) in [6.45, 7) is 11.9. The highest BCUT2D eigenvalue weighted by Gasteiger charge is 2.27. The second-order valence-electron chi connectivity index (χ2n) is 6.39. The highest BCUT2D eigenvalue weighted by Crippen LogP contribution is 2.37. The predicted octanol–water partition coefficient (Wildman–Crippen LogP) is 3.52. The number of rotatable bonds is 5. The van der Waals surface area contributed by atoms with E-state index in [0.717, 1.165) is 16.7 Å². The maximum Gasteiger partial charge on any atom is 0.313 e. The predicted molar refractivity (Wildman–Crippen MR) is 81.1 cm³/mol. The van der Waals surface area contributed by atoms with Crippen LogP contribution in [0.15, 0.2) is 12.1 Å². The van der Waals surface area contributed by atoms with E-state index >= 15 is 0 Å². The van der Waals surface area contributed by atoms with Crippen molar-refractivity contribution in [1.82, 2.24) is 0 Å². The number of hydrogen-bond acceptors (Lipinski definition) is 3. The lowest BCUT2D eigenvalue weighted by Crippen LogP contribution is -2.24. The largest absolute Gasteiger partial charge is 0.426 e. The van der Waals surface area contributed by atoms with Crippen molar-refractivity contribution < 1.29 is 14.6 Å². The molecule has 0 aliphatic rings. The van der Waals surface area contributed by atoms with Crippen molar-refractivity contribution in [2.75, 3.05) is 6.61 Å². The third kappa shape index (κ3) is 3.83. The third-order valence-electron chi connectivity index (χ3n) is 3.54. The lowest BCUT2D eigenvalue weighted by Gasteiger charge is -2.29. The molecule has 20 heavy (non-hydrogen) atoms. The van der Waals surface area contributed by atoms with Gasteiger partial charge in [0.2, 0.25) is 0 Å². The number of carbonyl (C=O) groups is 1. The van der Waals surface area contributed by atoms with Crippen LogP contribution in [0.1, 0.15) is 50.8 Å². The van der Waals surface area contributed by atoms with Crippen molar-refractivity contribution >= 4 is 5.97 Å². The average molecular weight is 278 g/mol. The van der Waals surface area contributed by atoms with Gasteiger partial charge in [0, 0.05) is 12.2 Å². The number of aliphatic hydroxyl groups excluding tert-OH is 1. The molecule has 0 fully saturated rings. The van der Waals surface area contributed by atoms with Gasteiger partial charge in [-0.1, -0.05) is 33.8 Å². The summed E-state index contributed by atoms with van der Waals surface area (Å²) in [6.07, 6.45) is 0.628. The van der Waals surface area contributed by atoms with Gasteiger partial charge in [-0.15, -0.1) is 0 Å². The molecule has 0 atom stereocenters. The van der Waals surface area contributed by atoms with Crippen molar-refractivity contribution in [3.63, 3.8) is 0 Å². The molecule has 0 aliphatic heterocycles. The fraction of sp³-hybridized carbons (Fsp3) is 0.588. The average Bonchev–Trinajstić information content (AvgIpc) is 2.26. The number of benzene rings is 1. The van der Waals surface area contributed by atoms with Gasteiger partial charge in [0.1, 0.15) is 5.75 Å². The van der Waals surface area contributed by atoms with Gasteiger partial charge in [-0.3, -0.25) is 4.79 Å². The van der Waals surface area contributed by atoms with Crippen LogP contribution in [-0.4, -0.2) is 17.7 Å². The lowest BCUT2D eigenvalue weighted by atomic mass is 9.78. The first-order valence-corrected chi connectivity index (χ1v) is 7.13. The normalized spacial score (nSPS) is 11.8. The van der Waals surface area contributed by atoms with Gasteiger partial charge in [-0.25, -0.2) is 0 Å². The zero-order chi connectivity index (χ0) is 15.5. The Morgan fingerprint density at radius 2 is 1.90 bits per heavy atom. The molecule has 0 amide bonds. The summed E-state index contributed by atoms with van der Waals surface area (Å²) < 4.78 is 5.58. The Kier molecular flexibility index (Phi) is 5.35. The van der Waals surface area contributed by atoms with E-state index in [1.807, 2.05) is 33.8 Å². The second kappa shape index (κ2) is 6.40. The standard InChI is InChI=1S/C17H26O3/c1-11(2)16(19)20-14-10-12(3)9-13(4)15(14)17(5,6)7-8-18/h9-11,18H,7-8H2,1-6H3. The van der Waals surface area contributed by atoms with Crippen molar-refractivity contribution in [2.24, 2.45) is 5.92 Å². The van der Waals surface area contributed by atoms with Crippen molar-refractivity contribution in [2.45, 2.75) is 53.4 Å². The van der Waals surface area contributed by atoms with Gasteiger partial charge in [0.05, 0.1) is 5.92 Å². The number of ether oxygens (including phenoxy) is 1. The summed E-state index contributed by atoms with van der Waals surface area (Å²) in [7, 11) is 0. The summed E-state index contributed by atoms with van der Waals surface area (Å²) >= 11 is 0. The Bertz CT molecular complexity index is 487. The molecule has 0 radical (unpaired) electrons. The van der Waals surface area contributed by atoms with Crippen LogP contribution in [0.25, 0.3) is 0 Å². The Morgan fingerprint density at radius 1 is 1.30 bits per heavy atom. The Morgan fingerprint density at radius 3 is 2.40 bits per heavy atom. The monoisotopic (exact) mass is 278 g/mol. The summed E-state index contributed by atoms with van der Waals surface area (Å²) in [5.41, 5.74) is 2.93. The first kappa shape index (κ1) is 16.7. The van der Waals surface area contributed by atoms with Crippen LogP contribution < -0.4 is 4.74 Å². The molecule has 1 aromatic rings. The van der Waals surface area contributed by atoms with Crippen LogP contribution in [0.2, 0.25) is 0 Å². The smallest absolute Gasteiger partial charge is 0.313 e. The summed E-state index contributed by atoms with van der Waals surface area (Å²) in [5.74, 6) is 0.236. The van der Waals surface area contributed by atoms with Gasteiger partial charge in [-0.2, -0.15) is 0 Å². The molecule has 0 spiro atoms. The van der Waals surface area contributed by atoms with Crippen LogP contribution in [0, 0.1) is 19.8 Å². The molecule has 0 saturated carbocycles. The maximum atomic E-state index is 11.9. The quantitative estimate of drug-likeness (QED) is 0.662. The van der Waals surface area contributed by atoms with Crippen LogP contribution in [0.5, 0.6) is 5.75 Å². The SMILES string of the molecule is Cc1cc(C)c(C(C)(C)CCO)c(OC(=O)C(C)C)c1. The highest BCUT2D eigenvalue weighted by molar-refractivity contribution is 5.75. The summed E-state index contributed by atoms with van der Waals surface area (Å²) in [6, 6.07) is 3.99. The molecule has 0 heterocycles. The van der Waals surface area contributed by atoms with Crippen LogP contribution in [0.3, 0.4) is 0 Å². The molecule has 1 aromatic carbocycles. The molecule has 0 aliphatic carbocycles. The van der Waals surface area contributed by atoms with E-state index in [2.05, 4.69) is 19.9 Å². The van der Waals surface area contributed by atoms with E-state index in [1.165, 1.54) is 0 Å². The molecule has 0 saturated heterocycles. The Labute approximate surface area is 122 Å². The van der Waals surface area contributed by atoms with E-state index in [9.17, 15) is 9.90 Å². The number of aliphatic hydroxyl groups is 1. The van der Waals surface area contributed by atoms with Gasteiger partial charge < -0.3 is 9.84 Å². The van der Waals surface area contributed by atoms with Gasteiger partial charge in [-0.05, 0) is 42.9 Å². The minimum Gasteiger partial charge on any atom is -0.426 e. The van der Waals surface area contributed by atoms with Crippen LogP contribution >= 0.6 is 0 Å². The number of aryl methyl sites for hydroxylation is 2. The molecule has 3 nitrogen and oxygen atoms in total. The molecule has 0 unspecified atom stereocenters. The molecule has 112 valence electrons. The summed E-state index contributed by atoms with van der Waals surface area (Å²) in [4.78, 5) is 11.9. The number of hydrogen-bond donors (Lipinski definition) is 1. The zero-order valence-electron chi connectivity index (χ0n) is 13.4. The van der Waals surface area contributed by atoms with E-state index in [1.54, 1.807) is 0 Å². The first-order valence-electron chi connectivity index (χ1n) is 7.13. The fourth-order valence-corrected chi connectivity index (χ4v) is 2.51. The van der Waals surface area contributed by atoms with Gasteiger partial charge in [0.25, 0.3) is 0 Å². The Balaban J connectivity index is 3.31. The van der Waals surface area contributed by atoms with E-state index in [4.69, 9.17) is 4.74 Å². The molecular weight excluding hydrogens is 252 g/mol. The minimum atomic E-state index is -0.237. The summed E-state index contributed by atoms with van der Waals surface area (Å²) in [5, 5.41) is 9.26. The molecule has 0 bridgehead atoms. The van der Waals surface area contributed by atoms with E-state index < -0.39 is 0 Å².